The first kappa shape index (κ1) is 23.0. The maximum Gasteiger partial charge on any atom is 0.234 e. The van der Waals surface area contributed by atoms with Gasteiger partial charge >= 0.3 is 0 Å². The van der Waals surface area contributed by atoms with Gasteiger partial charge in [-0.25, -0.2) is 4.98 Å². The standard InChI is InChI=1S/C26H28N4O2S/c1-16(2)32-23-11-8-17(12-18(23)13-27)26-28-14-24(33-26)21-7-5-6-20-19(21)9-10-22(20)29-25(31)15-30(3)4/h5-8,11-12,14,16,22H,9-10,15H2,1-4H3,(H,29,31)/t22-/m0/s1. The summed E-state index contributed by atoms with van der Waals surface area (Å²) in [5.41, 5.74) is 5.05. The second kappa shape index (κ2) is 9.74. The van der Waals surface area contributed by atoms with Crippen molar-refractivity contribution in [2.24, 2.45) is 0 Å². The summed E-state index contributed by atoms with van der Waals surface area (Å²) in [6.45, 7) is 4.27. The number of ether oxygens (including phenoxy) is 1. The van der Waals surface area contributed by atoms with E-state index in [1.54, 1.807) is 11.3 Å². The molecule has 170 valence electrons. The topological polar surface area (TPSA) is 78.2 Å². The lowest BCUT2D eigenvalue weighted by Gasteiger charge is -2.16. The predicted octanol–water partition coefficient (Wildman–Crippen LogP) is 4.80. The normalized spacial score (nSPS) is 14.9. The minimum absolute atomic E-state index is 0.00563. The zero-order valence-electron chi connectivity index (χ0n) is 19.4. The van der Waals surface area contributed by atoms with Gasteiger partial charge in [-0.2, -0.15) is 5.26 Å². The summed E-state index contributed by atoms with van der Waals surface area (Å²) < 4.78 is 5.74. The van der Waals surface area contributed by atoms with Gasteiger partial charge in [-0.15, -0.1) is 11.3 Å². The van der Waals surface area contributed by atoms with Crippen molar-refractivity contribution in [1.82, 2.24) is 15.2 Å². The second-order valence-corrected chi connectivity index (χ2v) is 9.82. The van der Waals surface area contributed by atoms with Gasteiger partial charge in [0.15, 0.2) is 0 Å². The molecule has 0 saturated heterocycles. The van der Waals surface area contributed by atoms with Crippen molar-refractivity contribution < 1.29 is 9.53 Å². The van der Waals surface area contributed by atoms with E-state index in [9.17, 15) is 10.1 Å². The summed E-state index contributed by atoms with van der Waals surface area (Å²) in [7, 11) is 3.79. The third-order valence-electron chi connectivity index (χ3n) is 5.55. The molecule has 7 heteroatoms. The van der Waals surface area contributed by atoms with Crippen LogP contribution < -0.4 is 10.1 Å². The van der Waals surface area contributed by atoms with E-state index in [1.165, 1.54) is 16.7 Å². The van der Waals surface area contributed by atoms with Crippen LogP contribution in [0.5, 0.6) is 5.75 Å². The predicted molar refractivity (Wildman–Crippen MR) is 131 cm³/mol. The largest absolute Gasteiger partial charge is 0.490 e. The number of thiazole rings is 1. The van der Waals surface area contributed by atoms with Crippen LogP contribution in [0.1, 0.15) is 43.0 Å². The molecule has 0 spiro atoms. The van der Waals surface area contributed by atoms with Gasteiger partial charge in [0, 0.05) is 11.8 Å². The fraction of sp³-hybridized carbons (Fsp3) is 0.346. The zero-order chi connectivity index (χ0) is 23.5. The van der Waals surface area contributed by atoms with Crippen molar-refractivity contribution in [3.05, 3.63) is 59.3 Å². The lowest BCUT2D eigenvalue weighted by atomic mass is 10.0. The van der Waals surface area contributed by atoms with Crippen molar-refractivity contribution in [3.63, 3.8) is 0 Å². The average molecular weight is 461 g/mol. The Kier molecular flexibility index (Phi) is 6.77. The highest BCUT2D eigenvalue weighted by Gasteiger charge is 2.27. The highest BCUT2D eigenvalue weighted by atomic mass is 32.1. The van der Waals surface area contributed by atoms with E-state index in [1.807, 2.05) is 57.2 Å². The highest BCUT2D eigenvalue weighted by molar-refractivity contribution is 7.18. The van der Waals surface area contributed by atoms with E-state index in [4.69, 9.17) is 4.74 Å². The van der Waals surface area contributed by atoms with Gasteiger partial charge < -0.3 is 15.0 Å². The molecule has 3 aromatic rings. The molecule has 1 amide bonds. The third-order valence-corrected chi connectivity index (χ3v) is 6.63. The van der Waals surface area contributed by atoms with Crippen molar-refractivity contribution in [3.8, 4) is 32.8 Å². The van der Waals surface area contributed by atoms with Gasteiger partial charge in [0.1, 0.15) is 16.8 Å². The lowest BCUT2D eigenvalue weighted by Crippen LogP contribution is -2.35. The Hall–Kier alpha value is -3.21. The second-order valence-electron chi connectivity index (χ2n) is 8.79. The Balaban J connectivity index is 1.59. The number of amides is 1. The summed E-state index contributed by atoms with van der Waals surface area (Å²) in [6, 6.07) is 14.2. The van der Waals surface area contributed by atoms with E-state index in [-0.39, 0.29) is 18.1 Å². The number of nitriles is 1. The lowest BCUT2D eigenvalue weighted by molar-refractivity contribution is -0.122. The maximum atomic E-state index is 12.3. The zero-order valence-corrected chi connectivity index (χ0v) is 20.2. The van der Waals surface area contributed by atoms with Crippen LogP contribution in [0, 0.1) is 11.3 Å². The van der Waals surface area contributed by atoms with E-state index in [2.05, 4.69) is 34.6 Å². The smallest absolute Gasteiger partial charge is 0.234 e. The van der Waals surface area contributed by atoms with Crippen LogP contribution >= 0.6 is 11.3 Å². The van der Waals surface area contributed by atoms with E-state index in [0.717, 1.165) is 28.3 Å². The van der Waals surface area contributed by atoms with Crippen LogP contribution in [0.2, 0.25) is 0 Å². The van der Waals surface area contributed by atoms with Crippen LogP contribution in [0.25, 0.3) is 21.0 Å². The van der Waals surface area contributed by atoms with Crippen molar-refractivity contribution in [2.75, 3.05) is 20.6 Å². The number of benzene rings is 2. The minimum atomic E-state index is 0.00563. The van der Waals surface area contributed by atoms with Gasteiger partial charge in [-0.1, -0.05) is 18.2 Å². The van der Waals surface area contributed by atoms with Crippen LogP contribution in [0.15, 0.2) is 42.6 Å². The summed E-state index contributed by atoms with van der Waals surface area (Å²) >= 11 is 1.61. The molecule has 1 aliphatic carbocycles. The fourth-order valence-corrected chi connectivity index (χ4v) is 5.17. The first-order chi connectivity index (χ1) is 15.9. The number of likely N-dealkylation sites (N-methyl/N-ethyl adjacent to an activating group) is 1. The summed E-state index contributed by atoms with van der Waals surface area (Å²) in [5.74, 6) is 0.637. The van der Waals surface area contributed by atoms with E-state index < -0.39 is 0 Å². The Morgan fingerprint density at radius 2 is 2.15 bits per heavy atom. The van der Waals surface area contributed by atoms with Crippen molar-refractivity contribution in [2.45, 2.75) is 38.8 Å². The Labute approximate surface area is 198 Å². The van der Waals surface area contributed by atoms with Gasteiger partial charge in [-0.3, -0.25) is 4.79 Å². The summed E-state index contributed by atoms with van der Waals surface area (Å²) in [4.78, 5) is 19.9. The molecule has 6 nitrogen and oxygen atoms in total. The first-order valence-electron chi connectivity index (χ1n) is 11.1. The molecule has 0 saturated carbocycles. The number of rotatable bonds is 7. The van der Waals surface area contributed by atoms with Crippen LogP contribution in [-0.2, 0) is 11.2 Å². The summed E-state index contributed by atoms with van der Waals surface area (Å²) in [6.07, 6.45) is 3.73. The molecule has 0 aliphatic heterocycles. The van der Waals surface area contributed by atoms with Gasteiger partial charge in [0.25, 0.3) is 0 Å². The number of carbonyl (C=O) groups is 1. The van der Waals surface area contributed by atoms with Gasteiger partial charge in [0.2, 0.25) is 5.91 Å². The van der Waals surface area contributed by atoms with Crippen LogP contribution in [0.4, 0.5) is 0 Å². The molecule has 0 unspecified atom stereocenters. The molecule has 1 N–H and O–H groups in total. The molecule has 4 rings (SSSR count). The molecule has 33 heavy (non-hydrogen) atoms. The SMILES string of the molecule is CC(C)Oc1ccc(-c2ncc(-c3cccc4c3CC[C@@H]4NC(=O)CN(C)C)s2)cc1C#N. The number of aromatic nitrogens is 1. The van der Waals surface area contributed by atoms with E-state index >= 15 is 0 Å². The van der Waals surface area contributed by atoms with Gasteiger partial charge in [0.05, 0.1) is 29.1 Å². The highest BCUT2D eigenvalue weighted by Crippen LogP contribution is 2.41. The quantitative estimate of drug-likeness (QED) is 0.548. The average Bonchev–Trinajstić information content (AvgIpc) is 3.41. The number of nitrogens with one attached hydrogen (secondary N) is 1. The molecule has 0 fully saturated rings. The molecule has 1 aliphatic rings. The Bertz CT molecular complexity index is 1210. The summed E-state index contributed by atoms with van der Waals surface area (Å²) in [5, 5.41) is 13.6. The molecule has 1 heterocycles. The molecule has 0 radical (unpaired) electrons. The van der Waals surface area contributed by atoms with Crippen LogP contribution in [-0.4, -0.2) is 42.5 Å². The maximum absolute atomic E-state index is 12.3. The Morgan fingerprint density at radius 1 is 1.33 bits per heavy atom. The number of fused-ring (bicyclic) bond motifs is 1. The molecular formula is C26H28N4O2S. The Morgan fingerprint density at radius 3 is 2.88 bits per heavy atom. The van der Waals surface area contributed by atoms with Crippen molar-refractivity contribution >= 4 is 17.2 Å². The fourth-order valence-electron chi connectivity index (χ4n) is 4.20. The molecule has 1 atom stereocenters. The minimum Gasteiger partial charge on any atom is -0.490 e. The van der Waals surface area contributed by atoms with Crippen LogP contribution in [0.3, 0.4) is 0 Å². The first-order valence-corrected chi connectivity index (χ1v) is 11.9. The van der Waals surface area contributed by atoms with E-state index in [0.29, 0.717) is 17.9 Å². The monoisotopic (exact) mass is 460 g/mol. The molecule has 1 aromatic heterocycles. The third kappa shape index (κ3) is 5.08. The molecule has 2 aromatic carbocycles. The molecular weight excluding hydrogens is 432 g/mol. The number of nitrogens with zero attached hydrogens (tertiary/aromatic N) is 3. The molecule has 0 bridgehead atoms. The number of carbonyl (C=O) groups excluding carboxylic acids is 1. The number of hydrogen-bond donors (Lipinski definition) is 1. The van der Waals surface area contributed by atoms with Gasteiger partial charge in [-0.05, 0) is 75.7 Å². The number of hydrogen-bond acceptors (Lipinski definition) is 6. The van der Waals surface area contributed by atoms with Crippen molar-refractivity contribution in [1.29, 1.82) is 5.26 Å².